The van der Waals surface area contributed by atoms with Gasteiger partial charge in [0.05, 0.1) is 12.1 Å². The fourth-order valence-corrected chi connectivity index (χ4v) is 1.81. The molecule has 0 atom stereocenters. The van der Waals surface area contributed by atoms with Gasteiger partial charge in [-0.25, -0.2) is 4.79 Å². The highest BCUT2D eigenvalue weighted by molar-refractivity contribution is 6.38. The highest BCUT2D eigenvalue weighted by atomic mass is 35.5. The summed E-state index contributed by atoms with van der Waals surface area (Å²) in [6, 6.07) is 6.98. The quantitative estimate of drug-likeness (QED) is 0.772. The normalized spacial score (nSPS) is 10.4. The Hall–Kier alpha value is -1.81. The Balaban J connectivity index is 2.86. The lowest BCUT2D eigenvalue weighted by atomic mass is 10.1. The number of fused-ring (bicyclic) bond motifs is 1. The van der Waals surface area contributed by atoms with E-state index >= 15 is 0 Å². The second-order valence-electron chi connectivity index (χ2n) is 3.18. The molecule has 2 aromatic rings. The van der Waals surface area contributed by atoms with Gasteiger partial charge >= 0.3 is 5.97 Å². The molecule has 1 N–H and O–H groups in total. The zero-order chi connectivity index (χ0) is 11.7. The summed E-state index contributed by atoms with van der Waals surface area (Å²) in [5.41, 5.74) is -0.122. The average molecular weight is 238 g/mol. The molecule has 5 heteroatoms. The first-order valence-corrected chi connectivity index (χ1v) is 4.91. The van der Waals surface area contributed by atoms with Crippen LogP contribution in [0.5, 0.6) is 0 Å². The van der Waals surface area contributed by atoms with E-state index < -0.39 is 11.5 Å². The van der Waals surface area contributed by atoms with E-state index in [1.54, 1.807) is 24.3 Å². The third-order valence-corrected chi connectivity index (χ3v) is 2.64. The number of ether oxygens (including phenoxy) is 1. The number of hydrogen-bond acceptors (Lipinski definition) is 3. The van der Waals surface area contributed by atoms with Crippen LogP contribution in [0.25, 0.3) is 10.9 Å². The number of H-pyrrole nitrogens is 1. The summed E-state index contributed by atoms with van der Waals surface area (Å²) in [6.45, 7) is 0. The summed E-state index contributed by atoms with van der Waals surface area (Å²) >= 11 is 6.00. The van der Waals surface area contributed by atoms with Crippen molar-refractivity contribution >= 4 is 28.5 Å². The zero-order valence-electron chi connectivity index (χ0n) is 8.41. The molecule has 16 heavy (non-hydrogen) atoms. The van der Waals surface area contributed by atoms with Crippen LogP contribution in [-0.4, -0.2) is 18.1 Å². The van der Waals surface area contributed by atoms with Crippen molar-refractivity contribution in [3.05, 3.63) is 45.2 Å². The van der Waals surface area contributed by atoms with Gasteiger partial charge in [-0.1, -0.05) is 29.8 Å². The van der Waals surface area contributed by atoms with Gasteiger partial charge in [0.2, 0.25) is 0 Å². The summed E-state index contributed by atoms with van der Waals surface area (Å²) in [4.78, 5) is 25.6. The smallest absolute Gasteiger partial charge is 0.345 e. The van der Waals surface area contributed by atoms with Gasteiger partial charge in [0, 0.05) is 10.9 Å². The fourth-order valence-electron chi connectivity index (χ4n) is 1.49. The van der Waals surface area contributed by atoms with Crippen LogP contribution in [0.2, 0.25) is 5.02 Å². The summed E-state index contributed by atoms with van der Waals surface area (Å²) in [5.74, 6) is -0.739. The lowest BCUT2D eigenvalue weighted by Crippen LogP contribution is -2.19. The van der Waals surface area contributed by atoms with Crippen LogP contribution in [0, 0.1) is 0 Å². The van der Waals surface area contributed by atoms with E-state index in [-0.39, 0.29) is 10.6 Å². The van der Waals surface area contributed by atoms with Gasteiger partial charge in [0.1, 0.15) is 5.56 Å². The summed E-state index contributed by atoms with van der Waals surface area (Å²) in [5, 5.41) is 0.732. The molecule has 0 saturated heterocycles. The number of aromatic amines is 1. The number of benzene rings is 1. The van der Waals surface area contributed by atoms with Crippen LogP contribution >= 0.6 is 11.6 Å². The van der Waals surface area contributed by atoms with E-state index in [0.717, 1.165) is 0 Å². The molecule has 2 rings (SSSR count). The van der Waals surface area contributed by atoms with Gasteiger partial charge in [-0.15, -0.1) is 0 Å². The summed E-state index contributed by atoms with van der Waals surface area (Å²) in [6.07, 6.45) is 0. The maximum absolute atomic E-state index is 11.6. The standard InChI is InChI=1S/C11H8ClNO3/c1-16-11(15)8-9(12)6-4-2-3-5-7(6)13-10(8)14/h2-5H,1H3,(H,13,14). The number of pyridine rings is 1. The molecule has 1 aromatic heterocycles. The van der Waals surface area contributed by atoms with Gasteiger partial charge < -0.3 is 9.72 Å². The van der Waals surface area contributed by atoms with Gasteiger partial charge in [0.25, 0.3) is 5.56 Å². The fraction of sp³-hybridized carbons (Fsp3) is 0.0909. The number of carbonyl (C=O) groups is 1. The molecule has 0 aliphatic heterocycles. The Labute approximate surface area is 95.8 Å². The molecule has 0 bridgehead atoms. The van der Waals surface area contributed by atoms with E-state index in [0.29, 0.717) is 10.9 Å². The molecule has 0 unspecified atom stereocenters. The Kier molecular flexibility index (Phi) is 2.66. The number of halogens is 1. The van der Waals surface area contributed by atoms with Crippen LogP contribution in [-0.2, 0) is 4.74 Å². The molecule has 0 spiro atoms. The Bertz CT molecular complexity index is 618. The highest BCUT2D eigenvalue weighted by Gasteiger charge is 2.18. The van der Waals surface area contributed by atoms with Crippen molar-refractivity contribution < 1.29 is 9.53 Å². The summed E-state index contributed by atoms with van der Waals surface area (Å²) < 4.78 is 4.50. The lowest BCUT2D eigenvalue weighted by molar-refractivity contribution is 0.0599. The van der Waals surface area contributed by atoms with Crippen molar-refractivity contribution in [2.45, 2.75) is 0 Å². The van der Waals surface area contributed by atoms with Crippen LogP contribution in [0.3, 0.4) is 0 Å². The number of esters is 1. The van der Waals surface area contributed by atoms with Crippen LogP contribution in [0.15, 0.2) is 29.1 Å². The maximum atomic E-state index is 11.6. The van der Waals surface area contributed by atoms with Crippen molar-refractivity contribution in [1.29, 1.82) is 0 Å². The minimum atomic E-state index is -0.739. The highest BCUT2D eigenvalue weighted by Crippen LogP contribution is 2.23. The topological polar surface area (TPSA) is 59.2 Å². The minimum absolute atomic E-state index is 0.117. The molecule has 0 amide bonds. The molecule has 0 radical (unpaired) electrons. The van der Waals surface area contributed by atoms with Gasteiger partial charge in [-0.3, -0.25) is 4.79 Å². The van der Waals surface area contributed by atoms with E-state index in [2.05, 4.69) is 9.72 Å². The molecule has 0 fully saturated rings. The zero-order valence-corrected chi connectivity index (χ0v) is 9.17. The third-order valence-electron chi connectivity index (χ3n) is 2.25. The Morgan fingerprint density at radius 3 is 2.75 bits per heavy atom. The first-order chi connectivity index (χ1) is 7.65. The van der Waals surface area contributed by atoms with Crippen molar-refractivity contribution in [3.63, 3.8) is 0 Å². The molecular weight excluding hydrogens is 230 g/mol. The molecule has 0 aliphatic rings. The van der Waals surface area contributed by atoms with Gasteiger partial charge in [-0.05, 0) is 6.07 Å². The van der Waals surface area contributed by atoms with Crippen LogP contribution in [0.1, 0.15) is 10.4 Å². The molecule has 1 heterocycles. The Morgan fingerprint density at radius 2 is 2.06 bits per heavy atom. The molecule has 1 aromatic carbocycles. The first kappa shape index (κ1) is 10.7. The third kappa shape index (κ3) is 1.57. The first-order valence-electron chi connectivity index (χ1n) is 4.54. The number of nitrogens with one attached hydrogen (secondary N) is 1. The van der Waals surface area contributed by atoms with E-state index in [9.17, 15) is 9.59 Å². The Morgan fingerprint density at radius 1 is 1.38 bits per heavy atom. The second kappa shape index (κ2) is 3.98. The maximum Gasteiger partial charge on any atom is 0.345 e. The number of hydrogen-bond donors (Lipinski definition) is 1. The van der Waals surface area contributed by atoms with Crippen molar-refractivity contribution in [1.82, 2.24) is 4.98 Å². The number of rotatable bonds is 1. The van der Waals surface area contributed by atoms with Gasteiger partial charge in [-0.2, -0.15) is 0 Å². The monoisotopic (exact) mass is 237 g/mol. The van der Waals surface area contributed by atoms with E-state index in [1.165, 1.54) is 7.11 Å². The summed E-state index contributed by atoms with van der Waals surface area (Å²) in [7, 11) is 1.20. The molecule has 0 saturated carbocycles. The van der Waals surface area contributed by atoms with Gasteiger partial charge in [0.15, 0.2) is 0 Å². The van der Waals surface area contributed by atoms with Crippen molar-refractivity contribution in [2.24, 2.45) is 0 Å². The number of para-hydroxylation sites is 1. The van der Waals surface area contributed by atoms with Crippen LogP contribution in [0.4, 0.5) is 0 Å². The van der Waals surface area contributed by atoms with Crippen LogP contribution < -0.4 is 5.56 Å². The molecule has 4 nitrogen and oxygen atoms in total. The second-order valence-corrected chi connectivity index (χ2v) is 3.56. The van der Waals surface area contributed by atoms with Crippen molar-refractivity contribution in [2.75, 3.05) is 7.11 Å². The molecule has 82 valence electrons. The average Bonchev–Trinajstić information content (AvgIpc) is 2.28. The predicted molar refractivity (Wildman–Crippen MR) is 60.9 cm³/mol. The number of carbonyl (C=O) groups excluding carboxylic acids is 1. The van der Waals surface area contributed by atoms with E-state index in [1.807, 2.05) is 0 Å². The SMILES string of the molecule is COC(=O)c1c(Cl)c2ccccc2[nH]c1=O. The number of aromatic nitrogens is 1. The van der Waals surface area contributed by atoms with Crippen molar-refractivity contribution in [3.8, 4) is 0 Å². The predicted octanol–water partition coefficient (Wildman–Crippen LogP) is 1.97. The largest absolute Gasteiger partial charge is 0.465 e. The minimum Gasteiger partial charge on any atom is -0.465 e. The molecule has 0 aliphatic carbocycles. The number of methoxy groups -OCH3 is 1. The van der Waals surface area contributed by atoms with E-state index in [4.69, 9.17) is 11.6 Å². The lowest BCUT2D eigenvalue weighted by Gasteiger charge is -2.04. The molecular formula is C11H8ClNO3.